The summed E-state index contributed by atoms with van der Waals surface area (Å²) in [7, 11) is 1.13. The molecule has 0 unspecified atom stereocenters. The van der Waals surface area contributed by atoms with E-state index in [1.54, 1.807) is 51.1 Å². The van der Waals surface area contributed by atoms with Crippen LogP contribution in [0.2, 0.25) is 0 Å². The number of hydrazine groups is 1. The number of ether oxygens (including phenoxy) is 2. The normalized spacial score (nSPS) is 13.4. The zero-order valence-corrected chi connectivity index (χ0v) is 20.3. The van der Waals surface area contributed by atoms with Crippen molar-refractivity contribution in [3.8, 4) is 0 Å². The lowest BCUT2D eigenvalue weighted by molar-refractivity contribution is -0.151. The first-order valence-electron chi connectivity index (χ1n) is 11.0. The molecule has 36 heavy (non-hydrogen) atoms. The lowest BCUT2D eigenvalue weighted by Gasteiger charge is -2.34. The quantitative estimate of drug-likeness (QED) is 0.384. The predicted octanol–water partition coefficient (Wildman–Crippen LogP) is 4.23. The molecule has 0 aromatic heterocycles. The fourth-order valence-electron chi connectivity index (χ4n) is 3.26. The number of rotatable bonds is 9. The van der Waals surface area contributed by atoms with Crippen molar-refractivity contribution in [2.45, 2.75) is 57.5 Å². The highest BCUT2D eigenvalue weighted by molar-refractivity contribution is 5.82. The Kier molecular flexibility index (Phi) is 9.46. The zero-order valence-electron chi connectivity index (χ0n) is 20.3. The molecule has 8 nitrogen and oxygen atoms in total. The summed E-state index contributed by atoms with van der Waals surface area (Å²) in [5, 5.41) is 10.6. The summed E-state index contributed by atoms with van der Waals surface area (Å²) in [5.41, 5.74) is 1.62. The molecule has 0 bridgehead atoms. The standard InChI is InChI=1S/C25H29F3N2O6/c1-24(2,3)36-23(34)30(20(22(33)35-4)15-16-8-6-5-7-9-16)29-19(21(31)32)14-17-10-12-18(13-11-17)25(26,27)28/h5-13,19-20,29H,14-15H2,1-4H3,(H,31,32)/t19-,20-/m0/s1. The van der Waals surface area contributed by atoms with E-state index in [4.69, 9.17) is 9.47 Å². The van der Waals surface area contributed by atoms with Crippen molar-refractivity contribution in [3.63, 3.8) is 0 Å². The highest BCUT2D eigenvalue weighted by Crippen LogP contribution is 2.29. The molecule has 196 valence electrons. The van der Waals surface area contributed by atoms with Crippen molar-refractivity contribution in [2.24, 2.45) is 0 Å². The van der Waals surface area contributed by atoms with Crippen LogP contribution in [0, 0.1) is 0 Å². The summed E-state index contributed by atoms with van der Waals surface area (Å²) in [6.45, 7) is 4.80. The Morgan fingerprint density at radius 1 is 0.944 bits per heavy atom. The number of aliphatic carboxylic acids is 1. The molecule has 2 rings (SSSR count). The van der Waals surface area contributed by atoms with Crippen molar-refractivity contribution in [1.82, 2.24) is 10.4 Å². The van der Waals surface area contributed by atoms with Crippen molar-refractivity contribution >= 4 is 18.0 Å². The van der Waals surface area contributed by atoms with Crippen LogP contribution in [0.4, 0.5) is 18.0 Å². The molecule has 0 saturated heterocycles. The number of nitrogens with zero attached hydrogens (tertiary/aromatic N) is 1. The van der Waals surface area contributed by atoms with Gasteiger partial charge < -0.3 is 14.6 Å². The van der Waals surface area contributed by atoms with Crippen LogP contribution >= 0.6 is 0 Å². The molecule has 0 heterocycles. The van der Waals surface area contributed by atoms with E-state index < -0.39 is 47.5 Å². The number of benzene rings is 2. The van der Waals surface area contributed by atoms with E-state index in [1.165, 1.54) is 0 Å². The third kappa shape index (κ3) is 8.56. The van der Waals surface area contributed by atoms with Crippen molar-refractivity contribution in [3.05, 3.63) is 71.3 Å². The van der Waals surface area contributed by atoms with E-state index in [1.807, 2.05) is 0 Å². The maximum Gasteiger partial charge on any atom is 0.425 e. The Morgan fingerprint density at radius 2 is 1.50 bits per heavy atom. The third-order valence-electron chi connectivity index (χ3n) is 4.96. The van der Waals surface area contributed by atoms with Crippen molar-refractivity contribution < 1.29 is 42.1 Å². The van der Waals surface area contributed by atoms with E-state index >= 15 is 0 Å². The average Bonchev–Trinajstić information content (AvgIpc) is 2.79. The van der Waals surface area contributed by atoms with Crippen molar-refractivity contribution in [2.75, 3.05) is 7.11 Å². The average molecular weight is 511 g/mol. The van der Waals surface area contributed by atoms with Crippen LogP contribution < -0.4 is 5.43 Å². The summed E-state index contributed by atoms with van der Waals surface area (Å²) in [6, 6.07) is 9.88. The summed E-state index contributed by atoms with van der Waals surface area (Å²) in [4.78, 5) is 37.9. The molecule has 11 heteroatoms. The molecule has 2 atom stereocenters. The lowest BCUT2D eigenvalue weighted by atomic mass is 10.0. The maximum atomic E-state index is 13.1. The lowest BCUT2D eigenvalue weighted by Crippen LogP contribution is -2.60. The Hall–Kier alpha value is -3.60. The minimum atomic E-state index is -4.54. The van der Waals surface area contributed by atoms with E-state index in [2.05, 4.69) is 5.43 Å². The number of methoxy groups -OCH3 is 1. The number of hydrogen-bond donors (Lipinski definition) is 2. The van der Waals surface area contributed by atoms with E-state index in [-0.39, 0.29) is 18.4 Å². The number of carbonyl (C=O) groups excluding carboxylic acids is 2. The number of hydrogen-bond acceptors (Lipinski definition) is 6. The van der Waals surface area contributed by atoms with Gasteiger partial charge in [0, 0.05) is 12.8 Å². The Morgan fingerprint density at radius 3 is 1.97 bits per heavy atom. The summed E-state index contributed by atoms with van der Waals surface area (Å²) >= 11 is 0. The largest absolute Gasteiger partial charge is 0.480 e. The van der Waals surface area contributed by atoms with Crippen LogP contribution in [-0.4, -0.2) is 52.9 Å². The van der Waals surface area contributed by atoms with Gasteiger partial charge in [-0.2, -0.15) is 13.2 Å². The van der Waals surface area contributed by atoms with Crippen LogP contribution in [-0.2, 0) is 38.1 Å². The smallest absolute Gasteiger partial charge is 0.425 e. The van der Waals surface area contributed by atoms with Gasteiger partial charge in [0.1, 0.15) is 11.6 Å². The van der Waals surface area contributed by atoms with Gasteiger partial charge in [0.05, 0.1) is 12.7 Å². The molecule has 0 radical (unpaired) electrons. The molecule has 2 aromatic carbocycles. The van der Waals surface area contributed by atoms with Crippen LogP contribution in [0.25, 0.3) is 0 Å². The molecule has 0 saturated carbocycles. The first kappa shape index (κ1) is 28.6. The molecule has 0 aliphatic carbocycles. The van der Waals surface area contributed by atoms with Crippen LogP contribution in [0.5, 0.6) is 0 Å². The fourth-order valence-corrected chi connectivity index (χ4v) is 3.26. The highest BCUT2D eigenvalue weighted by Gasteiger charge is 2.37. The first-order valence-corrected chi connectivity index (χ1v) is 11.0. The van der Waals surface area contributed by atoms with Gasteiger partial charge in [0.15, 0.2) is 6.04 Å². The van der Waals surface area contributed by atoms with Crippen LogP contribution in [0.15, 0.2) is 54.6 Å². The number of amides is 1. The molecule has 0 fully saturated rings. The number of nitrogens with one attached hydrogen (secondary N) is 1. The second-order valence-corrected chi connectivity index (χ2v) is 9.00. The second kappa shape index (κ2) is 11.9. The van der Waals surface area contributed by atoms with Gasteiger partial charge in [0.2, 0.25) is 0 Å². The number of carboxylic acids is 1. The van der Waals surface area contributed by atoms with Gasteiger partial charge in [-0.3, -0.25) is 4.79 Å². The second-order valence-electron chi connectivity index (χ2n) is 9.00. The summed E-state index contributed by atoms with van der Waals surface area (Å²) in [6.07, 6.45) is -5.87. The van der Waals surface area contributed by atoms with Gasteiger partial charge in [-0.05, 0) is 44.0 Å². The maximum absolute atomic E-state index is 13.1. The van der Waals surface area contributed by atoms with Gasteiger partial charge in [0.25, 0.3) is 0 Å². The molecule has 0 spiro atoms. The number of carbonyl (C=O) groups is 3. The topological polar surface area (TPSA) is 105 Å². The molecule has 0 aliphatic rings. The Labute approximate surface area is 207 Å². The minimum absolute atomic E-state index is 0.0215. The highest BCUT2D eigenvalue weighted by atomic mass is 19.4. The van der Waals surface area contributed by atoms with Crippen molar-refractivity contribution in [1.29, 1.82) is 0 Å². The predicted molar refractivity (Wildman–Crippen MR) is 124 cm³/mol. The monoisotopic (exact) mass is 510 g/mol. The number of alkyl halides is 3. The van der Waals surface area contributed by atoms with Crippen LogP contribution in [0.1, 0.15) is 37.5 Å². The minimum Gasteiger partial charge on any atom is -0.480 e. The van der Waals surface area contributed by atoms with Crippen LogP contribution in [0.3, 0.4) is 0 Å². The Bertz CT molecular complexity index is 1040. The summed E-state index contributed by atoms with van der Waals surface area (Å²) < 4.78 is 48.9. The number of halogens is 3. The zero-order chi connectivity index (χ0) is 27.1. The SMILES string of the molecule is COC(=O)[C@H](Cc1ccccc1)N(N[C@@H](Cc1ccc(C(F)(F)F)cc1)C(=O)O)C(=O)OC(C)(C)C. The number of carboxylic acid groups (broad SMARTS) is 1. The van der Waals surface area contributed by atoms with Gasteiger partial charge in [-0.1, -0.05) is 42.5 Å². The van der Waals surface area contributed by atoms with E-state index in [9.17, 15) is 32.7 Å². The molecule has 2 aromatic rings. The van der Waals surface area contributed by atoms with E-state index in [0.29, 0.717) is 5.56 Å². The molecular formula is C25H29F3N2O6. The fraction of sp³-hybridized carbons (Fsp3) is 0.400. The van der Waals surface area contributed by atoms with Gasteiger partial charge in [-0.25, -0.2) is 20.0 Å². The summed E-state index contributed by atoms with van der Waals surface area (Å²) in [5.74, 6) is -2.22. The molecule has 0 aliphatic heterocycles. The van der Waals surface area contributed by atoms with E-state index in [0.717, 1.165) is 36.4 Å². The Balaban J connectivity index is 2.40. The number of esters is 1. The molecule has 1 amide bonds. The van der Waals surface area contributed by atoms with Gasteiger partial charge in [-0.15, -0.1) is 0 Å². The molecule has 2 N–H and O–H groups in total. The third-order valence-corrected chi connectivity index (χ3v) is 4.96. The first-order chi connectivity index (χ1) is 16.7. The van der Waals surface area contributed by atoms with Gasteiger partial charge >= 0.3 is 24.2 Å². The molecular weight excluding hydrogens is 481 g/mol.